The maximum Gasteiger partial charge on any atom is 0.253 e. The minimum Gasteiger partial charge on any atom is -0.508 e. The SMILES string of the molecule is COc1ccc(N[C@@H]2CCCN(C(=O)c3ccc(O)c(C)c3)C2)cc1. The molecule has 1 aliphatic rings. The highest BCUT2D eigenvalue weighted by Gasteiger charge is 2.24. The molecule has 3 rings (SSSR count). The summed E-state index contributed by atoms with van der Waals surface area (Å²) in [5.41, 5.74) is 2.37. The maximum absolute atomic E-state index is 12.7. The zero-order chi connectivity index (χ0) is 17.8. The molecule has 0 unspecified atom stereocenters. The van der Waals surface area contributed by atoms with Crippen molar-refractivity contribution >= 4 is 11.6 Å². The minimum absolute atomic E-state index is 0.0179. The Morgan fingerprint density at radius 2 is 2.00 bits per heavy atom. The van der Waals surface area contributed by atoms with Crippen LogP contribution in [-0.4, -0.2) is 42.2 Å². The quantitative estimate of drug-likeness (QED) is 0.895. The average Bonchev–Trinajstić information content (AvgIpc) is 2.64. The lowest BCUT2D eigenvalue weighted by molar-refractivity contribution is 0.0714. The van der Waals surface area contributed by atoms with Crippen LogP contribution in [0.15, 0.2) is 42.5 Å². The molecule has 2 N–H and O–H groups in total. The van der Waals surface area contributed by atoms with Gasteiger partial charge in [-0.1, -0.05) is 0 Å². The average molecular weight is 340 g/mol. The Bertz CT molecular complexity index is 743. The first-order chi connectivity index (χ1) is 12.1. The number of phenols is 1. The molecule has 5 heteroatoms. The van der Waals surface area contributed by atoms with E-state index in [0.717, 1.165) is 36.4 Å². The van der Waals surface area contributed by atoms with Gasteiger partial charge in [-0.15, -0.1) is 0 Å². The summed E-state index contributed by atoms with van der Waals surface area (Å²) in [6.45, 7) is 3.24. The first-order valence-electron chi connectivity index (χ1n) is 8.56. The molecule has 2 aromatic rings. The van der Waals surface area contributed by atoms with Crippen LogP contribution < -0.4 is 10.1 Å². The van der Waals surface area contributed by atoms with Gasteiger partial charge in [0.15, 0.2) is 0 Å². The number of aryl methyl sites for hydroxylation is 1. The summed E-state index contributed by atoms with van der Waals surface area (Å²) < 4.78 is 5.18. The summed E-state index contributed by atoms with van der Waals surface area (Å²) >= 11 is 0. The Hall–Kier alpha value is -2.69. The first kappa shape index (κ1) is 17.1. The number of amides is 1. The number of anilines is 1. The monoisotopic (exact) mass is 340 g/mol. The van der Waals surface area contributed by atoms with Gasteiger partial charge in [0.25, 0.3) is 5.91 Å². The van der Waals surface area contributed by atoms with Crippen LogP contribution in [0.1, 0.15) is 28.8 Å². The molecule has 0 aromatic heterocycles. The number of piperidine rings is 1. The van der Waals surface area contributed by atoms with Crippen molar-refractivity contribution in [2.45, 2.75) is 25.8 Å². The number of likely N-dealkylation sites (tertiary alicyclic amines) is 1. The van der Waals surface area contributed by atoms with Crippen molar-refractivity contribution in [3.05, 3.63) is 53.6 Å². The maximum atomic E-state index is 12.7. The van der Waals surface area contributed by atoms with E-state index >= 15 is 0 Å². The molecule has 1 fully saturated rings. The van der Waals surface area contributed by atoms with Crippen molar-refractivity contribution in [1.82, 2.24) is 4.90 Å². The number of carbonyl (C=O) groups excluding carboxylic acids is 1. The van der Waals surface area contributed by atoms with Crippen LogP contribution >= 0.6 is 0 Å². The van der Waals surface area contributed by atoms with Gasteiger partial charge in [-0.3, -0.25) is 4.79 Å². The zero-order valence-electron chi connectivity index (χ0n) is 14.7. The molecule has 1 amide bonds. The molecule has 1 atom stereocenters. The standard InChI is InChI=1S/C20H24N2O3/c1-14-12-15(5-10-19(14)23)20(24)22-11-3-4-17(13-22)21-16-6-8-18(25-2)9-7-16/h5-10,12,17,21,23H,3-4,11,13H2,1-2H3/t17-/m1/s1. The van der Waals surface area contributed by atoms with Gasteiger partial charge in [0, 0.05) is 30.4 Å². The summed E-state index contributed by atoms with van der Waals surface area (Å²) in [4.78, 5) is 14.6. The predicted octanol–water partition coefficient (Wildman–Crippen LogP) is 3.43. The van der Waals surface area contributed by atoms with E-state index in [1.807, 2.05) is 29.2 Å². The van der Waals surface area contributed by atoms with Gasteiger partial charge in [-0.2, -0.15) is 0 Å². The van der Waals surface area contributed by atoms with E-state index in [2.05, 4.69) is 5.32 Å². The number of hydrogen-bond acceptors (Lipinski definition) is 4. The van der Waals surface area contributed by atoms with Crippen molar-refractivity contribution in [2.75, 3.05) is 25.5 Å². The summed E-state index contributed by atoms with van der Waals surface area (Å²) in [6, 6.07) is 13.1. The molecule has 2 aromatic carbocycles. The van der Waals surface area contributed by atoms with Crippen LogP contribution in [-0.2, 0) is 0 Å². The van der Waals surface area contributed by atoms with Crippen LogP contribution in [0.3, 0.4) is 0 Å². The van der Waals surface area contributed by atoms with E-state index in [1.165, 1.54) is 0 Å². The lowest BCUT2D eigenvalue weighted by atomic mass is 10.0. The van der Waals surface area contributed by atoms with Crippen LogP contribution in [0.25, 0.3) is 0 Å². The van der Waals surface area contributed by atoms with Crippen molar-refractivity contribution < 1.29 is 14.6 Å². The molecule has 0 radical (unpaired) electrons. The molecule has 5 nitrogen and oxygen atoms in total. The van der Waals surface area contributed by atoms with Gasteiger partial charge in [-0.25, -0.2) is 0 Å². The van der Waals surface area contributed by atoms with Crippen LogP contribution in [0, 0.1) is 6.92 Å². The van der Waals surface area contributed by atoms with Gasteiger partial charge >= 0.3 is 0 Å². The molecular weight excluding hydrogens is 316 g/mol. The smallest absolute Gasteiger partial charge is 0.253 e. The molecule has 1 saturated heterocycles. The highest BCUT2D eigenvalue weighted by Crippen LogP contribution is 2.22. The molecule has 1 aliphatic heterocycles. The second-order valence-electron chi connectivity index (χ2n) is 6.46. The normalized spacial score (nSPS) is 17.2. The molecule has 0 bridgehead atoms. The van der Waals surface area contributed by atoms with Gasteiger partial charge in [0.05, 0.1) is 7.11 Å². The Morgan fingerprint density at radius 3 is 2.68 bits per heavy atom. The molecule has 0 aliphatic carbocycles. The van der Waals surface area contributed by atoms with Crippen LogP contribution in [0.5, 0.6) is 11.5 Å². The minimum atomic E-state index is 0.0179. The lowest BCUT2D eigenvalue weighted by Crippen LogP contribution is -2.45. The Balaban J connectivity index is 1.65. The van der Waals surface area contributed by atoms with Gasteiger partial charge in [0.1, 0.15) is 11.5 Å². The molecule has 0 saturated carbocycles. The fourth-order valence-corrected chi connectivity index (χ4v) is 3.17. The molecular formula is C20H24N2O3. The number of phenolic OH excluding ortho intramolecular Hbond substituents is 1. The highest BCUT2D eigenvalue weighted by atomic mass is 16.5. The van der Waals surface area contributed by atoms with E-state index in [-0.39, 0.29) is 17.7 Å². The largest absolute Gasteiger partial charge is 0.508 e. The van der Waals surface area contributed by atoms with Gasteiger partial charge < -0.3 is 20.1 Å². The number of methoxy groups -OCH3 is 1. The number of benzene rings is 2. The number of nitrogens with zero attached hydrogens (tertiary/aromatic N) is 1. The predicted molar refractivity (Wildman–Crippen MR) is 98.4 cm³/mol. The number of aromatic hydroxyl groups is 1. The zero-order valence-corrected chi connectivity index (χ0v) is 14.7. The topological polar surface area (TPSA) is 61.8 Å². The van der Waals surface area contributed by atoms with Crippen LogP contribution in [0.2, 0.25) is 0 Å². The second-order valence-corrected chi connectivity index (χ2v) is 6.46. The molecule has 25 heavy (non-hydrogen) atoms. The number of carbonyl (C=O) groups is 1. The van der Waals surface area contributed by atoms with Crippen molar-refractivity contribution in [3.8, 4) is 11.5 Å². The Labute approximate surface area is 148 Å². The Kier molecular flexibility index (Phi) is 5.12. The van der Waals surface area contributed by atoms with E-state index in [0.29, 0.717) is 12.1 Å². The van der Waals surface area contributed by atoms with Crippen LogP contribution in [0.4, 0.5) is 5.69 Å². The fraction of sp³-hybridized carbons (Fsp3) is 0.350. The summed E-state index contributed by atoms with van der Waals surface area (Å²) in [5.74, 6) is 1.06. The second kappa shape index (κ2) is 7.47. The lowest BCUT2D eigenvalue weighted by Gasteiger charge is -2.34. The van der Waals surface area contributed by atoms with Crippen molar-refractivity contribution in [3.63, 3.8) is 0 Å². The van der Waals surface area contributed by atoms with Gasteiger partial charge in [-0.05, 0) is 67.8 Å². The molecule has 0 spiro atoms. The summed E-state index contributed by atoms with van der Waals surface area (Å²) in [7, 11) is 1.65. The third kappa shape index (κ3) is 4.05. The van der Waals surface area contributed by atoms with Crippen molar-refractivity contribution in [1.29, 1.82) is 0 Å². The van der Waals surface area contributed by atoms with Crippen molar-refractivity contribution in [2.24, 2.45) is 0 Å². The molecule has 132 valence electrons. The summed E-state index contributed by atoms with van der Waals surface area (Å²) in [5, 5.41) is 13.1. The third-order valence-electron chi connectivity index (χ3n) is 4.61. The van der Waals surface area contributed by atoms with Gasteiger partial charge in [0.2, 0.25) is 0 Å². The highest BCUT2D eigenvalue weighted by molar-refractivity contribution is 5.94. The molecule has 1 heterocycles. The number of hydrogen-bond donors (Lipinski definition) is 2. The first-order valence-corrected chi connectivity index (χ1v) is 8.56. The van der Waals surface area contributed by atoms with E-state index in [4.69, 9.17) is 4.74 Å². The number of rotatable bonds is 4. The fourth-order valence-electron chi connectivity index (χ4n) is 3.17. The number of ether oxygens (including phenoxy) is 1. The van der Waals surface area contributed by atoms with E-state index in [9.17, 15) is 9.90 Å². The van der Waals surface area contributed by atoms with E-state index < -0.39 is 0 Å². The number of nitrogens with one attached hydrogen (secondary N) is 1. The summed E-state index contributed by atoms with van der Waals surface area (Å²) in [6.07, 6.45) is 2.00. The Morgan fingerprint density at radius 1 is 1.24 bits per heavy atom. The van der Waals surface area contributed by atoms with E-state index in [1.54, 1.807) is 32.2 Å². The third-order valence-corrected chi connectivity index (χ3v) is 4.61.